The first-order chi connectivity index (χ1) is 27.8. The Morgan fingerprint density at radius 2 is 0.929 bits per heavy atom. The molecule has 262 valence electrons. The van der Waals surface area contributed by atoms with Gasteiger partial charge in [-0.3, -0.25) is 0 Å². The smallest absolute Gasteiger partial charge is 0.227 e. The summed E-state index contributed by atoms with van der Waals surface area (Å²) < 4.78 is 9.22. The minimum Gasteiger partial charge on any atom is -0.435 e. The van der Waals surface area contributed by atoms with E-state index in [1.807, 2.05) is 72.8 Å². The quantitative estimate of drug-likeness (QED) is 0.171. The molecule has 0 saturated heterocycles. The standard InChI is InChI=1S/C50H31N5O/c1-5-15-32(16-6-1)33-25-27-35(28-26-33)48-52-47(34-17-7-2-8-18-34)53-49(54-48)40-31-37-29-30-42-44(39-23-13-14-24-41(39)55(42)38-21-11-4-12-22-38)43(37)46-45(40)51-50(56-46)36-19-9-3-10-20-36/h1-31H. The van der Waals surface area contributed by atoms with Crippen LogP contribution in [0.25, 0.3) is 106 Å². The SMILES string of the molecule is c1ccc(-c2ccc(-c3nc(-c4ccccc4)nc(-c4cc5ccc6c(c7ccccc7n6-c6ccccc6)c5c5oc(-c6ccccc6)nc45)n3)cc2)cc1. The number of nitrogens with zero attached hydrogens (tertiary/aromatic N) is 5. The molecule has 6 nitrogen and oxygen atoms in total. The van der Waals surface area contributed by atoms with Gasteiger partial charge in [0.05, 0.1) is 11.0 Å². The number of aromatic nitrogens is 5. The Labute approximate surface area is 322 Å². The van der Waals surface area contributed by atoms with Crippen LogP contribution in [-0.4, -0.2) is 24.5 Å². The molecule has 56 heavy (non-hydrogen) atoms. The van der Waals surface area contributed by atoms with Gasteiger partial charge in [0.25, 0.3) is 0 Å². The van der Waals surface area contributed by atoms with Gasteiger partial charge in [-0.2, -0.15) is 0 Å². The van der Waals surface area contributed by atoms with Crippen molar-refractivity contribution < 1.29 is 4.42 Å². The summed E-state index contributed by atoms with van der Waals surface area (Å²) in [4.78, 5) is 20.6. The van der Waals surface area contributed by atoms with E-state index in [1.54, 1.807) is 0 Å². The fourth-order valence-electron chi connectivity index (χ4n) is 7.85. The van der Waals surface area contributed by atoms with Gasteiger partial charge in [0.1, 0.15) is 5.52 Å². The number of fused-ring (bicyclic) bond motifs is 7. The van der Waals surface area contributed by atoms with Gasteiger partial charge in [-0.1, -0.05) is 146 Å². The van der Waals surface area contributed by atoms with Gasteiger partial charge in [-0.15, -0.1) is 0 Å². The molecule has 11 rings (SSSR count). The summed E-state index contributed by atoms with van der Waals surface area (Å²) in [6.07, 6.45) is 0. The summed E-state index contributed by atoms with van der Waals surface area (Å²) >= 11 is 0. The van der Waals surface area contributed by atoms with Gasteiger partial charge >= 0.3 is 0 Å². The lowest BCUT2D eigenvalue weighted by Crippen LogP contribution is -2.01. The molecular formula is C50H31N5O. The van der Waals surface area contributed by atoms with Crippen LogP contribution in [0.15, 0.2) is 192 Å². The molecule has 0 amide bonds. The molecule has 0 fully saturated rings. The van der Waals surface area contributed by atoms with Crippen molar-refractivity contribution in [3.05, 3.63) is 188 Å². The van der Waals surface area contributed by atoms with Gasteiger partial charge in [-0.05, 0) is 59.0 Å². The van der Waals surface area contributed by atoms with Crippen molar-refractivity contribution >= 4 is 43.7 Å². The number of hydrogen-bond donors (Lipinski definition) is 0. The lowest BCUT2D eigenvalue weighted by atomic mass is 9.99. The second-order valence-corrected chi connectivity index (χ2v) is 13.8. The Bertz CT molecular complexity index is 3210. The molecule has 0 atom stereocenters. The maximum Gasteiger partial charge on any atom is 0.227 e. The van der Waals surface area contributed by atoms with Crippen molar-refractivity contribution in [2.75, 3.05) is 0 Å². The van der Waals surface area contributed by atoms with Crippen LogP contribution in [-0.2, 0) is 0 Å². The lowest BCUT2D eigenvalue weighted by Gasteiger charge is -2.11. The normalized spacial score (nSPS) is 11.6. The Hall–Kier alpha value is -7.70. The second kappa shape index (κ2) is 13.0. The molecule has 0 bridgehead atoms. The van der Waals surface area contributed by atoms with E-state index in [0.29, 0.717) is 34.5 Å². The molecule has 6 heteroatoms. The lowest BCUT2D eigenvalue weighted by molar-refractivity contribution is 0.623. The Kier molecular flexibility index (Phi) is 7.38. The van der Waals surface area contributed by atoms with Crippen LogP contribution in [0.5, 0.6) is 0 Å². The second-order valence-electron chi connectivity index (χ2n) is 13.8. The Morgan fingerprint density at radius 3 is 1.62 bits per heavy atom. The Balaban J connectivity index is 1.19. The molecule has 3 heterocycles. The largest absolute Gasteiger partial charge is 0.435 e. The van der Waals surface area contributed by atoms with Crippen LogP contribution in [0.4, 0.5) is 0 Å². The molecule has 0 radical (unpaired) electrons. The number of para-hydroxylation sites is 2. The van der Waals surface area contributed by atoms with Crippen molar-refractivity contribution in [1.82, 2.24) is 24.5 Å². The molecule has 0 N–H and O–H groups in total. The third-order valence-corrected chi connectivity index (χ3v) is 10.5. The molecule has 0 unspecified atom stereocenters. The van der Waals surface area contributed by atoms with Gasteiger partial charge in [0, 0.05) is 44.1 Å². The summed E-state index contributed by atoms with van der Waals surface area (Å²) in [5, 5.41) is 4.24. The van der Waals surface area contributed by atoms with E-state index in [2.05, 4.69) is 120 Å². The summed E-state index contributed by atoms with van der Waals surface area (Å²) in [7, 11) is 0. The third kappa shape index (κ3) is 5.27. The van der Waals surface area contributed by atoms with E-state index in [1.165, 1.54) is 0 Å². The van der Waals surface area contributed by atoms with Crippen molar-refractivity contribution in [1.29, 1.82) is 0 Å². The molecule has 0 aliphatic carbocycles. The number of hydrogen-bond acceptors (Lipinski definition) is 5. The highest BCUT2D eigenvalue weighted by Crippen LogP contribution is 2.44. The highest BCUT2D eigenvalue weighted by Gasteiger charge is 2.24. The summed E-state index contributed by atoms with van der Waals surface area (Å²) in [5.41, 5.74) is 10.4. The highest BCUT2D eigenvalue weighted by atomic mass is 16.3. The third-order valence-electron chi connectivity index (χ3n) is 10.5. The number of oxazole rings is 1. The van der Waals surface area contributed by atoms with Crippen molar-refractivity contribution in [3.8, 4) is 62.4 Å². The zero-order valence-electron chi connectivity index (χ0n) is 30.0. The van der Waals surface area contributed by atoms with Gasteiger partial charge in [0.2, 0.25) is 5.89 Å². The van der Waals surface area contributed by atoms with Crippen molar-refractivity contribution in [3.63, 3.8) is 0 Å². The van der Waals surface area contributed by atoms with Crippen LogP contribution >= 0.6 is 0 Å². The molecule has 0 spiro atoms. The number of rotatable bonds is 6. The van der Waals surface area contributed by atoms with E-state index in [-0.39, 0.29) is 0 Å². The van der Waals surface area contributed by atoms with Gasteiger partial charge in [-0.25, -0.2) is 19.9 Å². The summed E-state index contributed by atoms with van der Waals surface area (Å²) in [6.45, 7) is 0. The molecule has 3 aromatic heterocycles. The van der Waals surface area contributed by atoms with E-state index in [9.17, 15) is 0 Å². The minimum atomic E-state index is 0.521. The van der Waals surface area contributed by atoms with Crippen LogP contribution in [0.3, 0.4) is 0 Å². The maximum absolute atomic E-state index is 6.89. The number of benzene rings is 8. The fourth-order valence-corrected chi connectivity index (χ4v) is 7.85. The fraction of sp³-hybridized carbons (Fsp3) is 0. The van der Waals surface area contributed by atoms with Crippen LogP contribution < -0.4 is 0 Å². The molecule has 0 aliphatic heterocycles. The first kappa shape index (κ1) is 31.8. The average Bonchev–Trinajstić information content (AvgIpc) is 3.88. The van der Waals surface area contributed by atoms with Gasteiger partial charge in [0.15, 0.2) is 23.1 Å². The van der Waals surface area contributed by atoms with Crippen LogP contribution in [0, 0.1) is 0 Å². The summed E-state index contributed by atoms with van der Waals surface area (Å²) in [5.74, 6) is 2.22. The monoisotopic (exact) mass is 717 g/mol. The predicted octanol–water partition coefficient (Wildman–Crippen LogP) is 12.6. The van der Waals surface area contributed by atoms with Crippen molar-refractivity contribution in [2.24, 2.45) is 0 Å². The zero-order chi connectivity index (χ0) is 37.0. The first-order valence-corrected chi connectivity index (χ1v) is 18.6. The summed E-state index contributed by atoms with van der Waals surface area (Å²) in [6, 6.07) is 64.5. The van der Waals surface area contributed by atoms with Crippen molar-refractivity contribution in [2.45, 2.75) is 0 Å². The predicted molar refractivity (Wildman–Crippen MR) is 226 cm³/mol. The molecule has 0 aliphatic rings. The molecule has 11 aromatic rings. The van der Waals surface area contributed by atoms with E-state index < -0.39 is 0 Å². The van der Waals surface area contributed by atoms with E-state index >= 15 is 0 Å². The maximum atomic E-state index is 6.89. The van der Waals surface area contributed by atoms with Gasteiger partial charge < -0.3 is 8.98 Å². The molecule has 8 aromatic carbocycles. The van der Waals surface area contributed by atoms with Crippen LogP contribution in [0.1, 0.15) is 0 Å². The molecule has 0 saturated carbocycles. The Morgan fingerprint density at radius 1 is 0.393 bits per heavy atom. The van der Waals surface area contributed by atoms with E-state index in [4.69, 9.17) is 24.4 Å². The minimum absolute atomic E-state index is 0.521. The molecular weight excluding hydrogens is 687 g/mol. The van der Waals surface area contributed by atoms with E-state index in [0.717, 1.165) is 71.6 Å². The first-order valence-electron chi connectivity index (χ1n) is 18.6. The zero-order valence-corrected chi connectivity index (χ0v) is 30.0. The highest BCUT2D eigenvalue weighted by molar-refractivity contribution is 6.28. The average molecular weight is 718 g/mol. The van der Waals surface area contributed by atoms with Crippen LogP contribution in [0.2, 0.25) is 0 Å². The topological polar surface area (TPSA) is 69.6 Å².